The van der Waals surface area contributed by atoms with Crippen LogP contribution in [0.25, 0.3) is 0 Å². The van der Waals surface area contributed by atoms with E-state index in [-0.39, 0.29) is 6.04 Å². The van der Waals surface area contributed by atoms with Gasteiger partial charge in [0.2, 0.25) is 0 Å². The summed E-state index contributed by atoms with van der Waals surface area (Å²) >= 11 is 0. The molecule has 29 heavy (non-hydrogen) atoms. The fraction of sp³-hybridized carbons (Fsp3) is 0.700. The minimum Gasteiger partial charge on any atom is -0.377 e. The van der Waals surface area contributed by atoms with Crippen molar-refractivity contribution in [2.45, 2.75) is 72.2 Å². The molecule has 0 amide bonds. The highest BCUT2D eigenvalue weighted by Crippen LogP contribution is 2.17. The van der Waals surface area contributed by atoms with Crippen LogP contribution in [0.5, 0.6) is 0 Å². The van der Waals surface area contributed by atoms with Gasteiger partial charge in [-0.2, -0.15) is 10.2 Å². The molecule has 2 N–H and O–H groups in total. The monoisotopic (exact) mass is 402 g/mol. The van der Waals surface area contributed by atoms with Crippen molar-refractivity contribution < 1.29 is 4.74 Å². The van der Waals surface area contributed by atoms with Gasteiger partial charge < -0.3 is 15.4 Å². The molecule has 3 heterocycles. The van der Waals surface area contributed by atoms with Crippen LogP contribution in [0.15, 0.2) is 4.99 Å². The van der Waals surface area contributed by atoms with Gasteiger partial charge in [-0.25, -0.2) is 14.7 Å². The van der Waals surface area contributed by atoms with Gasteiger partial charge in [-0.15, -0.1) is 0 Å². The van der Waals surface area contributed by atoms with E-state index in [1.165, 1.54) is 11.3 Å². The first-order valence-electron chi connectivity index (χ1n) is 10.6. The number of rotatable bonds is 8. The molecule has 0 bridgehead atoms. The summed E-state index contributed by atoms with van der Waals surface area (Å²) in [6.45, 7) is 9.09. The zero-order chi connectivity index (χ0) is 20.8. The molecule has 0 aromatic carbocycles. The van der Waals surface area contributed by atoms with E-state index in [2.05, 4.69) is 46.6 Å². The van der Waals surface area contributed by atoms with Crippen LogP contribution in [0.4, 0.5) is 0 Å². The molecule has 1 unspecified atom stereocenters. The van der Waals surface area contributed by atoms with Gasteiger partial charge in [0.25, 0.3) is 0 Å². The summed E-state index contributed by atoms with van der Waals surface area (Å²) in [6, 6.07) is 0.266. The number of hydrogen-bond donors (Lipinski definition) is 2. The molecule has 0 saturated carbocycles. The lowest BCUT2D eigenvalue weighted by Crippen LogP contribution is -2.47. The summed E-state index contributed by atoms with van der Waals surface area (Å²) < 4.78 is 9.14. The third kappa shape index (κ3) is 4.95. The standard InChI is InChI=1S/C20H34N8O/c1-6-16-15(17(7-2)27(4)25-16)11-22-20(21-8-3)23-14-9-10-19-24-18(13-29-5)26-28(19)12-14/h14H,6-13H2,1-5H3,(H2,21,22,23). The number of hydrogen-bond acceptors (Lipinski definition) is 5. The Morgan fingerprint density at radius 1 is 1.24 bits per heavy atom. The van der Waals surface area contributed by atoms with E-state index in [1.54, 1.807) is 7.11 Å². The van der Waals surface area contributed by atoms with Crippen LogP contribution in [0, 0.1) is 0 Å². The lowest BCUT2D eigenvalue weighted by molar-refractivity contribution is 0.177. The fourth-order valence-electron chi connectivity index (χ4n) is 3.91. The summed E-state index contributed by atoms with van der Waals surface area (Å²) in [7, 11) is 3.68. The highest BCUT2D eigenvalue weighted by atomic mass is 16.5. The van der Waals surface area contributed by atoms with Gasteiger partial charge in [0.1, 0.15) is 12.4 Å². The lowest BCUT2D eigenvalue weighted by atomic mass is 10.1. The third-order valence-electron chi connectivity index (χ3n) is 5.28. The Morgan fingerprint density at radius 3 is 2.76 bits per heavy atom. The van der Waals surface area contributed by atoms with Crippen molar-refractivity contribution >= 4 is 5.96 Å². The van der Waals surface area contributed by atoms with Crippen LogP contribution < -0.4 is 10.6 Å². The summed E-state index contributed by atoms with van der Waals surface area (Å²) in [5.41, 5.74) is 3.65. The molecule has 9 heteroatoms. The first-order chi connectivity index (χ1) is 14.1. The summed E-state index contributed by atoms with van der Waals surface area (Å²) in [4.78, 5) is 9.43. The SMILES string of the molecule is CCNC(=NCc1c(CC)nn(C)c1CC)NC1CCc2nc(COC)nn2C1. The lowest BCUT2D eigenvalue weighted by Gasteiger charge is -2.25. The van der Waals surface area contributed by atoms with E-state index in [0.717, 1.165) is 62.1 Å². The van der Waals surface area contributed by atoms with E-state index in [4.69, 9.17) is 9.73 Å². The normalized spacial score (nSPS) is 16.7. The molecule has 0 fully saturated rings. The Hall–Kier alpha value is -2.42. The largest absolute Gasteiger partial charge is 0.377 e. The zero-order valence-electron chi connectivity index (χ0n) is 18.3. The van der Waals surface area contributed by atoms with Crippen LogP contribution in [-0.4, -0.2) is 50.2 Å². The molecule has 0 radical (unpaired) electrons. The van der Waals surface area contributed by atoms with E-state index in [1.807, 2.05) is 16.4 Å². The molecule has 1 aliphatic heterocycles. The second-order valence-corrected chi connectivity index (χ2v) is 7.34. The third-order valence-corrected chi connectivity index (χ3v) is 5.28. The number of ether oxygens (including phenoxy) is 1. The van der Waals surface area contributed by atoms with Crippen molar-refractivity contribution in [1.82, 2.24) is 35.2 Å². The second-order valence-electron chi connectivity index (χ2n) is 7.34. The van der Waals surface area contributed by atoms with Crippen LogP contribution in [0.3, 0.4) is 0 Å². The Kier molecular flexibility index (Phi) is 7.24. The highest BCUT2D eigenvalue weighted by molar-refractivity contribution is 5.80. The first-order valence-corrected chi connectivity index (χ1v) is 10.6. The Balaban J connectivity index is 1.70. The topological polar surface area (TPSA) is 94.2 Å². The predicted octanol–water partition coefficient (Wildman–Crippen LogP) is 1.35. The van der Waals surface area contributed by atoms with E-state index in [9.17, 15) is 0 Å². The minimum absolute atomic E-state index is 0.266. The van der Waals surface area contributed by atoms with Crippen molar-refractivity contribution in [2.24, 2.45) is 12.0 Å². The zero-order valence-corrected chi connectivity index (χ0v) is 18.3. The molecule has 3 rings (SSSR count). The number of fused-ring (bicyclic) bond motifs is 1. The van der Waals surface area contributed by atoms with Crippen molar-refractivity contribution in [1.29, 1.82) is 0 Å². The van der Waals surface area contributed by atoms with E-state index >= 15 is 0 Å². The maximum atomic E-state index is 5.15. The predicted molar refractivity (Wildman–Crippen MR) is 113 cm³/mol. The van der Waals surface area contributed by atoms with Crippen LogP contribution in [0.2, 0.25) is 0 Å². The first kappa shape index (κ1) is 21.3. The van der Waals surface area contributed by atoms with Crippen LogP contribution in [-0.2, 0) is 50.7 Å². The summed E-state index contributed by atoms with van der Waals surface area (Å²) in [5.74, 6) is 2.62. The van der Waals surface area contributed by atoms with Gasteiger partial charge in [-0.05, 0) is 26.2 Å². The molecule has 9 nitrogen and oxygen atoms in total. The van der Waals surface area contributed by atoms with Crippen LogP contribution >= 0.6 is 0 Å². The smallest absolute Gasteiger partial charge is 0.191 e. The van der Waals surface area contributed by atoms with Gasteiger partial charge in [0.05, 0.1) is 18.8 Å². The number of aliphatic imine (C=N–C) groups is 1. The summed E-state index contributed by atoms with van der Waals surface area (Å²) in [5, 5.41) is 16.2. The number of aromatic nitrogens is 5. The Morgan fingerprint density at radius 2 is 2.07 bits per heavy atom. The molecule has 160 valence electrons. The molecule has 1 atom stereocenters. The maximum absolute atomic E-state index is 5.15. The van der Waals surface area contributed by atoms with Crippen molar-refractivity contribution in [2.75, 3.05) is 13.7 Å². The van der Waals surface area contributed by atoms with Crippen molar-refractivity contribution in [3.63, 3.8) is 0 Å². The molecule has 0 saturated heterocycles. The quantitative estimate of drug-likeness (QED) is 0.511. The van der Waals surface area contributed by atoms with Gasteiger partial charge in [0.15, 0.2) is 11.8 Å². The number of guanidine groups is 1. The maximum Gasteiger partial charge on any atom is 0.191 e. The molecular formula is C20H34N8O. The molecule has 0 spiro atoms. The number of nitrogens with one attached hydrogen (secondary N) is 2. The van der Waals surface area contributed by atoms with Gasteiger partial charge in [-0.1, -0.05) is 13.8 Å². The Bertz CT molecular complexity index is 838. The number of nitrogens with zero attached hydrogens (tertiary/aromatic N) is 6. The molecule has 2 aromatic rings. The second kappa shape index (κ2) is 9.87. The van der Waals surface area contributed by atoms with Crippen molar-refractivity contribution in [3.8, 4) is 0 Å². The van der Waals surface area contributed by atoms with E-state index < -0.39 is 0 Å². The molecular weight excluding hydrogens is 368 g/mol. The Labute approximate surface area is 172 Å². The average Bonchev–Trinajstić information content (AvgIpc) is 3.25. The minimum atomic E-state index is 0.266. The highest BCUT2D eigenvalue weighted by Gasteiger charge is 2.22. The molecule has 0 aliphatic carbocycles. The van der Waals surface area contributed by atoms with Gasteiger partial charge in [0, 0.05) is 44.4 Å². The van der Waals surface area contributed by atoms with Crippen molar-refractivity contribution in [3.05, 3.63) is 28.6 Å². The van der Waals surface area contributed by atoms with Crippen LogP contribution in [0.1, 0.15) is 55.8 Å². The molecule has 1 aliphatic rings. The average molecular weight is 403 g/mol. The summed E-state index contributed by atoms with van der Waals surface area (Å²) in [6.07, 6.45) is 3.78. The molecule has 2 aromatic heterocycles. The fourth-order valence-corrected chi connectivity index (χ4v) is 3.91. The van der Waals surface area contributed by atoms with Gasteiger partial charge >= 0.3 is 0 Å². The van der Waals surface area contributed by atoms with Gasteiger partial charge in [-0.3, -0.25) is 4.68 Å². The van der Waals surface area contributed by atoms with E-state index in [0.29, 0.717) is 13.2 Å². The number of aryl methyl sites for hydroxylation is 3. The number of methoxy groups -OCH3 is 1.